The van der Waals surface area contributed by atoms with E-state index in [0.717, 1.165) is 12.0 Å². The minimum Gasteiger partial charge on any atom is -0.350 e. The van der Waals surface area contributed by atoms with Crippen LogP contribution in [0.4, 0.5) is 0 Å². The molecule has 0 radical (unpaired) electrons. The van der Waals surface area contributed by atoms with E-state index in [-0.39, 0.29) is 24.0 Å². The average Bonchev–Trinajstić information content (AvgIpc) is 3.12. The van der Waals surface area contributed by atoms with E-state index in [1.807, 2.05) is 32.0 Å². The van der Waals surface area contributed by atoms with Gasteiger partial charge < -0.3 is 15.0 Å². The van der Waals surface area contributed by atoms with E-state index >= 15 is 0 Å². The van der Waals surface area contributed by atoms with Gasteiger partial charge in [-0.15, -0.1) is 0 Å². The van der Waals surface area contributed by atoms with Gasteiger partial charge in [-0.3, -0.25) is 9.59 Å². The number of amides is 2. The van der Waals surface area contributed by atoms with Crippen LogP contribution in [0.5, 0.6) is 0 Å². The molecule has 1 fully saturated rings. The van der Waals surface area contributed by atoms with Crippen molar-refractivity contribution >= 4 is 11.8 Å². The molecule has 1 aliphatic carbocycles. The normalized spacial score (nSPS) is 23.4. The predicted octanol–water partition coefficient (Wildman–Crippen LogP) is 3.07. The van der Waals surface area contributed by atoms with Crippen LogP contribution in [0.2, 0.25) is 0 Å². The first-order valence-corrected chi connectivity index (χ1v) is 9.33. The van der Waals surface area contributed by atoms with E-state index in [1.54, 1.807) is 36.1 Å². The Morgan fingerprint density at radius 2 is 1.78 bits per heavy atom. The molecule has 5 heteroatoms. The average molecular weight is 364 g/mol. The molecule has 2 aromatic carbocycles. The molecule has 140 valence electrons. The maximum atomic E-state index is 13.3. The monoisotopic (exact) mass is 364 g/mol. The van der Waals surface area contributed by atoms with Crippen molar-refractivity contribution in [1.29, 1.82) is 0 Å². The quantitative estimate of drug-likeness (QED) is 0.911. The van der Waals surface area contributed by atoms with Gasteiger partial charge in [-0.05, 0) is 44.0 Å². The number of hydrogen-bond acceptors (Lipinski definition) is 3. The van der Waals surface area contributed by atoms with Crippen molar-refractivity contribution < 1.29 is 14.3 Å². The summed E-state index contributed by atoms with van der Waals surface area (Å²) in [4.78, 5) is 27.6. The van der Waals surface area contributed by atoms with E-state index in [1.165, 1.54) is 5.56 Å². The van der Waals surface area contributed by atoms with Gasteiger partial charge in [0.15, 0.2) is 0 Å². The second-order valence-corrected chi connectivity index (χ2v) is 7.72. The topological polar surface area (TPSA) is 58.6 Å². The number of nitrogens with zero attached hydrogens (tertiary/aromatic N) is 1. The molecule has 2 aliphatic rings. The molecule has 1 heterocycles. The van der Waals surface area contributed by atoms with Crippen LogP contribution in [0.3, 0.4) is 0 Å². The van der Waals surface area contributed by atoms with E-state index in [9.17, 15) is 9.59 Å². The number of fused-ring (bicyclic) bond motifs is 3. The Kier molecular flexibility index (Phi) is 4.27. The third kappa shape index (κ3) is 3.02. The first-order valence-electron chi connectivity index (χ1n) is 9.33. The minimum atomic E-state index is -0.717. The molecule has 1 aliphatic heterocycles. The highest BCUT2D eigenvalue weighted by Gasteiger charge is 2.54. The van der Waals surface area contributed by atoms with Crippen molar-refractivity contribution in [3.8, 4) is 0 Å². The number of benzene rings is 2. The third-order valence-electron chi connectivity index (χ3n) is 5.44. The number of carbonyl (C=O) groups excluding carboxylic acids is 2. The smallest absolute Gasteiger partial charge is 0.251 e. The summed E-state index contributed by atoms with van der Waals surface area (Å²) < 4.78 is 6.22. The summed E-state index contributed by atoms with van der Waals surface area (Å²) >= 11 is 0. The summed E-state index contributed by atoms with van der Waals surface area (Å²) in [7, 11) is 0. The van der Waals surface area contributed by atoms with Crippen LogP contribution in [0.1, 0.15) is 48.3 Å². The second-order valence-electron chi connectivity index (χ2n) is 7.72. The fourth-order valence-corrected chi connectivity index (χ4v) is 4.25. The zero-order chi connectivity index (χ0) is 19.2. The van der Waals surface area contributed by atoms with Crippen molar-refractivity contribution in [3.05, 3.63) is 71.3 Å². The lowest BCUT2D eigenvalue weighted by molar-refractivity contribution is -0.149. The Bertz CT molecular complexity index is 878. The lowest BCUT2D eigenvalue weighted by Crippen LogP contribution is -2.53. The zero-order valence-corrected chi connectivity index (χ0v) is 15.8. The minimum absolute atomic E-state index is 0.0432. The molecule has 1 N–H and O–H groups in total. The second kappa shape index (κ2) is 6.50. The summed E-state index contributed by atoms with van der Waals surface area (Å²) in [5.74, 6) is -0.383. The lowest BCUT2D eigenvalue weighted by Gasteiger charge is -2.35. The standard InChI is InChI=1S/C22H24N2O3/c1-14(23-20(25)15-9-5-4-6-10-15)21(26)24-19-17-12-8-7-11-16(17)13-18(19)27-22(24,2)3/h4-12,14,18-19H,13H2,1-3H3,(H,23,25)/t14-,18-,19+/m1/s1. The molecular weight excluding hydrogens is 340 g/mol. The lowest BCUT2D eigenvalue weighted by atomic mass is 10.0. The molecule has 5 nitrogen and oxygen atoms in total. The van der Waals surface area contributed by atoms with Crippen LogP contribution < -0.4 is 5.32 Å². The number of ether oxygens (including phenoxy) is 1. The largest absolute Gasteiger partial charge is 0.350 e. The van der Waals surface area contributed by atoms with E-state index < -0.39 is 11.8 Å². The van der Waals surface area contributed by atoms with Crippen LogP contribution in [-0.2, 0) is 16.0 Å². The van der Waals surface area contributed by atoms with Crippen molar-refractivity contribution in [1.82, 2.24) is 10.2 Å². The van der Waals surface area contributed by atoms with Gasteiger partial charge in [-0.1, -0.05) is 42.5 Å². The highest BCUT2D eigenvalue weighted by atomic mass is 16.5. The molecule has 1 saturated heterocycles. The van der Waals surface area contributed by atoms with Crippen LogP contribution in [0.15, 0.2) is 54.6 Å². The number of rotatable bonds is 3. The zero-order valence-electron chi connectivity index (χ0n) is 15.8. The third-order valence-corrected chi connectivity index (χ3v) is 5.44. The van der Waals surface area contributed by atoms with Gasteiger partial charge in [0.05, 0.1) is 12.1 Å². The van der Waals surface area contributed by atoms with Gasteiger partial charge in [0.1, 0.15) is 11.8 Å². The van der Waals surface area contributed by atoms with Gasteiger partial charge in [0.25, 0.3) is 5.91 Å². The molecule has 2 amide bonds. The Morgan fingerprint density at radius 1 is 1.11 bits per heavy atom. The molecule has 0 bridgehead atoms. The van der Waals surface area contributed by atoms with Gasteiger partial charge in [-0.2, -0.15) is 0 Å². The Labute approximate surface area is 159 Å². The van der Waals surface area contributed by atoms with Crippen LogP contribution >= 0.6 is 0 Å². The summed E-state index contributed by atoms with van der Waals surface area (Å²) in [6.45, 7) is 5.56. The van der Waals surface area contributed by atoms with Gasteiger partial charge in [0, 0.05) is 12.0 Å². The fraction of sp³-hybridized carbons (Fsp3) is 0.364. The summed E-state index contributed by atoms with van der Waals surface area (Å²) in [5.41, 5.74) is 2.19. The van der Waals surface area contributed by atoms with Crippen molar-refractivity contribution in [2.75, 3.05) is 0 Å². The predicted molar refractivity (Wildman–Crippen MR) is 102 cm³/mol. The Morgan fingerprint density at radius 3 is 2.52 bits per heavy atom. The highest BCUT2D eigenvalue weighted by molar-refractivity contribution is 5.97. The van der Waals surface area contributed by atoms with Crippen molar-refractivity contribution in [2.45, 2.75) is 51.1 Å². The maximum Gasteiger partial charge on any atom is 0.251 e. The van der Waals surface area contributed by atoms with Crippen LogP contribution in [0.25, 0.3) is 0 Å². The van der Waals surface area contributed by atoms with E-state index in [0.29, 0.717) is 5.56 Å². The van der Waals surface area contributed by atoms with Gasteiger partial charge in [0.2, 0.25) is 5.91 Å². The number of hydrogen-bond donors (Lipinski definition) is 1. The maximum absolute atomic E-state index is 13.3. The molecule has 4 rings (SSSR count). The molecule has 0 spiro atoms. The summed E-state index contributed by atoms with van der Waals surface area (Å²) in [5, 5.41) is 2.83. The van der Waals surface area contributed by atoms with E-state index in [2.05, 4.69) is 17.4 Å². The molecule has 0 saturated carbocycles. The number of carbonyl (C=O) groups is 2. The van der Waals surface area contributed by atoms with E-state index in [4.69, 9.17) is 4.74 Å². The SMILES string of the molecule is C[C@@H](NC(=O)c1ccccc1)C(=O)N1[C@H]2c3ccccc3C[C@H]2OC1(C)C. The highest BCUT2D eigenvalue weighted by Crippen LogP contribution is 2.48. The molecule has 0 aromatic heterocycles. The van der Waals surface area contributed by atoms with Crippen LogP contribution in [-0.4, -0.2) is 34.6 Å². The number of nitrogens with one attached hydrogen (secondary N) is 1. The Hall–Kier alpha value is -2.66. The first kappa shape index (κ1) is 17.7. The fourth-order valence-electron chi connectivity index (χ4n) is 4.25. The molecule has 3 atom stereocenters. The molecular formula is C22H24N2O3. The summed E-state index contributed by atoms with van der Waals surface area (Å²) in [6.07, 6.45) is 0.761. The van der Waals surface area contributed by atoms with Crippen LogP contribution in [0, 0.1) is 0 Å². The molecule has 27 heavy (non-hydrogen) atoms. The van der Waals surface area contributed by atoms with Gasteiger partial charge >= 0.3 is 0 Å². The van der Waals surface area contributed by atoms with Crippen molar-refractivity contribution in [2.24, 2.45) is 0 Å². The van der Waals surface area contributed by atoms with Gasteiger partial charge in [-0.25, -0.2) is 0 Å². The Balaban J connectivity index is 1.57. The molecule has 0 unspecified atom stereocenters. The summed E-state index contributed by atoms with van der Waals surface area (Å²) in [6, 6.07) is 16.3. The molecule has 2 aromatic rings. The van der Waals surface area contributed by atoms with Crippen molar-refractivity contribution in [3.63, 3.8) is 0 Å². The first-order chi connectivity index (χ1) is 12.9.